The molecule has 0 heterocycles. The summed E-state index contributed by atoms with van der Waals surface area (Å²) in [6.45, 7) is 4.82. The smallest absolute Gasteiger partial charge is 0.323 e. The highest BCUT2D eigenvalue weighted by molar-refractivity contribution is 6.04. The van der Waals surface area contributed by atoms with Gasteiger partial charge in [0.25, 0.3) is 0 Å². The van der Waals surface area contributed by atoms with E-state index in [1.165, 1.54) is 0 Å². The molecular weight excluding hydrogens is 629 g/mol. The number of ether oxygens (including phenoxy) is 1. The average molecular weight is 673 g/mol. The highest BCUT2D eigenvalue weighted by Crippen LogP contribution is 2.41. The van der Waals surface area contributed by atoms with Crippen LogP contribution < -0.4 is 16.6 Å². The topological polar surface area (TPSA) is 88.7 Å². The van der Waals surface area contributed by atoms with Crippen LogP contribution in [0, 0.1) is 5.92 Å². The van der Waals surface area contributed by atoms with Gasteiger partial charge in [-0.1, -0.05) is 184 Å². The Morgan fingerprint density at radius 2 is 1.14 bits per heavy atom. The summed E-state index contributed by atoms with van der Waals surface area (Å²) in [5.41, 5.74) is 10.1. The van der Waals surface area contributed by atoms with E-state index in [2.05, 4.69) is 77.5 Å². The van der Waals surface area contributed by atoms with Crippen LogP contribution in [0.3, 0.4) is 0 Å². The number of nitrogens with two attached hydrogens (primary N) is 1. The molecule has 6 heteroatoms. The second-order valence-electron chi connectivity index (χ2n) is 12.9. The van der Waals surface area contributed by atoms with E-state index in [1.54, 1.807) is 0 Å². The molecule has 0 radical (unpaired) electrons. The van der Waals surface area contributed by atoms with Gasteiger partial charge in [-0.2, -0.15) is 0 Å². The van der Waals surface area contributed by atoms with Gasteiger partial charge in [0.05, 0.1) is 0 Å². The number of hydrogen-bond donors (Lipinski definition) is 3. The molecular formula is C45H44N4O2. The third kappa shape index (κ3) is 8.15. The van der Waals surface area contributed by atoms with Gasteiger partial charge in [0.2, 0.25) is 0 Å². The number of nitrogens with zero attached hydrogens (tertiary/aromatic N) is 1. The Hall–Kier alpha value is -5.82. The van der Waals surface area contributed by atoms with Crippen molar-refractivity contribution < 1.29 is 9.53 Å². The Bertz CT molecular complexity index is 1920. The summed E-state index contributed by atoms with van der Waals surface area (Å²) in [7, 11) is 0. The average Bonchev–Trinajstić information content (AvgIpc) is 3.19. The van der Waals surface area contributed by atoms with Crippen LogP contribution in [0.5, 0.6) is 0 Å². The summed E-state index contributed by atoms with van der Waals surface area (Å²) in [5.74, 6) is 6.73. The Morgan fingerprint density at radius 3 is 1.65 bits per heavy atom. The van der Waals surface area contributed by atoms with Crippen LogP contribution >= 0.6 is 0 Å². The van der Waals surface area contributed by atoms with E-state index in [9.17, 15) is 4.79 Å². The minimum atomic E-state index is -0.886. The first kappa shape index (κ1) is 35.0. The van der Waals surface area contributed by atoms with Crippen LogP contribution in [0.15, 0.2) is 175 Å². The van der Waals surface area contributed by atoms with Gasteiger partial charge >= 0.3 is 5.97 Å². The maximum absolute atomic E-state index is 13.0. The lowest BCUT2D eigenvalue weighted by molar-refractivity contribution is -0.148. The largest absolute Gasteiger partial charge is 0.460 e. The van der Waals surface area contributed by atoms with Crippen molar-refractivity contribution in [2.75, 3.05) is 0 Å². The lowest BCUT2D eigenvalue weighted by Gasteiger charge is -2.33. The van der Waals surface area contributed by atoms with Crippen LogP contribution in [-0.4, -0.2) is 17.8 Å². The molecule has 1 unspecified atom stereocenters. The van der Waals surface area contributed by atoms with Gasteiger partial charge in [-0.25, -0.2) is 10.8 Å². The minimum absolute atomic E-state index is 0.0654. The van der Waals surface area contributed by atoms with Gasteiger partial charge in [-0.15, -0.1) is 0 Å². The van der Waals surface area contributed by atoms with E-state index in [-0.39, 0.29) is 18.5 Å². The van der Waals surface area contributed by atoms with Crippen molar-refractivity contribution in [3.8, 4) is 11.1 Å². The number of amidine groups is 1. The highest BCUT2D eigenvalue weighted by Gasteiger charge is 2.37. The quantitative estimate of drug-likeness (QED) is 0.0286. The van der Waals surface area contributed by atoms with Crippen LogP contribution in [-0.2, 0) is 28.2 Å². The zero-order chi connectivity index (χ0) is 35.5. The van der Waals surface area contributed by atoms with Crippen molar-refractivity contribution in [3.63, 3.8) is 0 Å². The monoisotopic (exact) mass is 672 g/mol. The molecule has 1 atom stereocenters. The second-order valence-corrected chi connectivity index (χ2v) is 12.9. The Morgan fingerprint density at radius 1 is 0.647 bits per heavy atom. The third-order valence-corrected chi connectivity index (χ3v) is 9.11. The standard InChI is InChI=1S/C45H44N4O2/c1-33(2)42(44(50)51-32-35-17-7-3-8-18-35)47-31-34-27-29-36(30-28-34)40-25-15-16-26-41(40)43(49-46)48-45(37-19-9-4-10-20-37,38-21-11-5-12-22-38)39-23-13-6-14-24-39/h3-30,33,42,47H,31-32,46H2,1-2H3,(H,48,49). The number of hydrogen-bond acceptors (Lipinski definition) is 5. The fraction of sp³-hybridized carbons (Fsp3) is 0.156. The SMILES string of the molecule is CC(C)C(NCc1ccc(-c2ccccc2C(=NC(c2ccccc2)(c2ccccc2)c2ccccc2)NN)cc1)C(=O)OCc1ccccc1. The molecule has 0 saturated carbocycles. The van der Waals surface area contributed by atoms with Crippen molar-refractivity contribution in [2.24, 2.45) is 16.8 Å². The van der Waals surface area contributed by atoms with E-state index in [1.807, 2.05) is 117 Å². The maximum atomic E-state index is 13.0. The number of aliphatic imine (C=N–C) groups is 1. The number of hydrazine groups is 1. The Kier molecular flexibility index (Phi) is 11.5. The molecule has 6 aromatic carbocycles. The number of esters is 1. The first-order valence-electron chi connectivity index (χ1n) is 17.4. The molecule has 0 fully saturated rings. The molecule has 0 aliphatic heterocycles. The molecule has 0 spiro atoms. The van der Waals surface area contributed by atoms with Gasteiger partial charge in [0.1, 0.15) is 24.0 Å². The lowest BCUT2D eigenvalue weighted by Crippen LogP contribution is -2.41. The molecule has 0 aliphatic rings. The third-order valence-electron chi connectivity index (χ3n) is 9.11. The number of carbonyl (C=O) groups is 1. The first-order chi connectivity index (χ1) is 25.0. The van der Waals surface area contributed by atoms with E-state index in [0.717, 1.165) is 44.5 Å². The molecule has 6 nitrogen and oxygen atoms in total. The normalized spacial score (nSPS) is 12.4. The molecule has 6 aromatic rings. The van der Waals surface area contributed by atoms with Crippen molar-refractivity contribution in [1.29, 1.82) is 0 Å². The lowest BCUT2D eigenvalue weighted by atomic mass is 9.77. The highest BCUT2D eigenvalue weighted by atomic mass is 16.5. The number of carbonyl (C=O) groups excluding carboxylic acids is 1. The summed E-state index contributed by atoms with van der Waals surface area (Å²) >= 11 is 0. The van der Waals surface area contributed by atoms with E-state index < -0.39 is 11.6 Å². The Balaban J connectivity index is 1.30. The van der Waals surface area contributed by atoms with Crippen molar-refractivity contribution in [3.05, 3.63) is 203 Å². The summed E-state index contributed by atoms with van der Waals surface area (Å²) in [4.78, 5) is 18.6. The summed E-state index contributed by atoms with van der Waals surface area (Å²) in [6.07, 6.45) is 0. The predicted molar refractivity (Wildman–Crippen MR) is 207 cm³/mol. The first-order valence-corrected chi connectivity index (χ1v) is 17.4. The maximum Gasteiger partial charge on any atom is 0.323 e. The van der Waals surface area contributed by atoms with Crippen molar-refractivity contribution >= 4 is 11.8 Å². The van der Waals surface area contributed by atoms with Crippen LogP contribution in [0.4, 0.5) is 0 Å². The predicted octanol–water partition coefficient (Wildman–Crippen LogP) is 8.41. The fourth-order valence-corrected chi connectivity index (χ4v) is 6.45. The zero-order valence-corrected chi connectivity index (χ0v) is 29.1. The van der Waals surface area contributed by atoms with Crippen molar-refractivity contribution in [2.45, 2.75) is 38.6 Å². The minimum Gasteiger partial charge on any atom is -0.460 e. The number of nitrogens with one attached hydrogen (secondary N) is 2. The van der Waals surface area contributed by atoms with Crippen LogP contribution in [0.2, 0.25) is 0 Å². The molecule has 256 valence electrons. The molecule has 0 aliphatic carbocycles. The molecule has 0 bridgehead atoms. The molecule has 51 heavy (non-hydrogen) atoms. The summed E-state index contributed by atoms with van der Waals surface area (Å²) in [5, 5.41) is 3.42. The van der Waals surface area contributed by atoms with E-state index >= 15 is 0 Å². The van der Waals surface area contributed by atoms with Crippen LogP contribution in [0.25, 0.3) is 11.1 Å². The van der Waals surface area contributed by atoms with Gasteiger partial charge < -0.3 is 15.5 Å². The van der Waals surface area contributed by atoms with Gasteiger partial charge in [0.15, 0.2) is 0 Å². The van der Waals surface area contributed by atoms with Crippen molar-refractivity contribution in [1.82, 2.24) is 10.7 Å². The van der Waals surface area contributed by atoms with E-state index in [4.69, 9.17) is 15.6 Å². The van der Waals surface area contributed by atoms with Crippen LogP contribution in [0.1, 0.15) is 47.2 Å². The molecule has 0 aromatic heterocycles. The molecule has 6 rings (SSSR count). The summed E-state index contributed by atoms with van der Waals surface area (Å²) < 4.78 is 5.65. The number of benzene rings is 6. The fourth-order valence-electron chi connectivity index (χ4n) is 6.45. The summed E-state index contributed by atoms with van der Waals surface area (Å²) in [6, 6.07) is 56.8. The molecule has 0 saturated heterocycles. The number of rotatable bonds is 13. The van der Waals surface area contributed by atoms with E-state index in [0.29, 0.717) is 12.4 Å². The van der Waals surface area contributed by atoms with Gasteiger partial charge in [-0.05, 0) is 44.9 Å². The van der Waals surface area contributed by atoms with Gasteiger partial charge in [-0.3, -0.25) is 4.79 Å². The van der Waals surface area contributed by atoms with Gasteiger partial charge in [0, 0.05) is 12.1 Å². The zero-order valence-electron chi connectivity index (χ0n) is 29.1. The second kappa shape index (κ2) is 16.7. The Labute approximate surface area is 301 Å². The molecule has 4 N–H and O–H groups in total. The molecule has 0 amide bonds.